The van der Waals surface area contributed by atoms with E-state index in [4.69, 9.17) is 4.74 Å². The summed E-state index contributed by atoms with van der Waals surface area (Å²) in [6, 6.07) is 0. The number of ether oxygens (including phenoxy) is 1. The van der Waals surface area contributed by atoms with Crippen LogP contribution in [0, 0.1) is 5.92 Å². The lowest BCUT2D eigenvalue weighted by Gasteiger charge is -2.18. The second-order valence-electron chi connectivity index (χ2n) is 3.13. The summed E-state index contributed by atoms with van der Waals surface area (Å²) < 4.78 is 5.18. The van der Waals surface area contributed by atoms with Crippen molar-refractivity contribution in [2.24, 2.45) is 5.92 Å². The van der Waals surface area contributed by atoms with Gasteiger partial charge in [0.05, 0.1) is 0 Å². The molecule has 0 aromatic heterocycles. The van der Waals surface area contributed by atoms with Crippen LogP contribution in [0.25, 0.3) is 0 Å². The number of carbonyl (C=O) groups excluding carboxylic acids is 1. The summed E-state index contributed by atoms with van der Waals surface area (Å²) in [7, 11) is 0. The Balaban J connectivity index is 3.94. The first-order valence-corrected chi connectivity index (χ1v) is 4.45. The molecular weight excluding hydrogens is 152 g/mol. The molecule has 0 saturated carbocycles. The Labute approximate surface area is 74.6 Å². The topological polar surface area (TPSA) is 26.3 Å². The first-order valence-electron chi connectivity index (χ1n) is 4.45. The van der Waals surface area contributed by atoms with Crippen LogP contribution in [0.4, 0.5) is 0 Å². The minimum Gasteiger partial charge on any atom is -0.459 e. The molecule has 0 aliphatic rings. The summed E-state index contributed by atoms with van der Waals surface area (Å²) in [5.74, 6) is 0.155. The third kappa shape index (κ3) is 4.16. The van der Waals surface area contributed by atoms with E-state index >= 15 is 0 Å². The van der Waals surface area contributed by atoms with E-state index in [1.165, 1.54) is 6.08 Å². The summed E-state index contributed by atoms with van der Waals surface area (Å²) in [6.45, 7) is 7.93. The lowest BCUT2D eigenvalue weighted by molar-refractivity contribution is -0.145. The van der Waals surface area contributed by atoms with Gasteiger partial charge in [0.1, 0.15) is 6.10 Å². The van der Waals surface area contributed by atoms with Gasteiger partial charge in [0.15, 0.2) is 0 Å². The monoisotopic (exact) mass is 170 g/mol. The summed E-state index contributed by atoms with van der Waals surface area (Å²) in [4.78, 5) is 11.0. The Morgan fingerprint density at radius 1 is 1.50 bits per heavy atom. The molecule has 12 heavy (non-hydrogen) atoms. The molecule has 0 aromatic carbocycles. The fourth-order valence-corrected chi connectivity index (χ4v) is 1.02. The van der Waals surface area contributed by atoms with Gasteiger partial charge in [-0.3, -0.25) is 0 Å². The van der Waals surface area contributed by atoms with Crippen molar-refractivity contribution in [3.05, 3.63) is 12.2 Å². The Bertz CT molecular complexity index is 159. The Kier molecular flexibility index (Phi) is 5.43. The van der Waals surface area contributed by atoms with E-state index in [1.54, 1.807) is 13.0 Å². The van der Waals surface area contributed by atoms with E-state index in [9.17, 15) is 4.79 Å². The van der Waals surface area contributed by atoms with Gasteiger partial charge in [-0.2, -0.15) is 0 Å². The highest BCUT2D eigenvalue weighted by molar-refractivity contribution is 5.81. The van der Waals surface area contributed by atoms with E-state index in [-0.39, 0.29) is 12.1 Å². The summed E-state index contributed by atoms with van der Waals surface area (Å²) in [5, 5.41) is 0. The molecule has 0 aliphatic carbocycles. The minimum absolute atomic E-state index is 0.0497. The van der Waals surface area contributed by atoms with E-state index in [0.29, 0.717) is 5.92 Å². The largest absolute Gasteiger partial charge is 0.459 e. The predicted octanol–water partition coefficient (Wildman–Crippen LogP) is 2.54. The lowest BCUT2D eigenvalue weighted by atomic mass is 10.1. The number of carbonyl (C=O) groups is 1. The van der Waals surface area contributed by atoms with Crippen LogP contribution in [0.2, 0.25) is 0 Å². The van der Waals surface area contributed by atoms with E-state index in [1.807, 2.05) is 6.92 Å². The average Bonchev–Trinajstić information content (AvgIpc) is 2.00. The van der Waals surface area contributed by atoms with Gasteiger partial charge in [-0.05, 0) is 19.3 Å². The molecule has 2 nitrogen and oxygen atoms in total. The number of hydrogen-bond donors (Lipinski definition) is 0. The minimum atomic E-state index is -0.238. The first kappa shape index (κ1) is 11.2. The Hall–Kier alpha value is -0.790. The molecule has 0 amide bonds. The van der Waals surface area contributed by atoms with Crippen molar-refractivity contribution in [2.75, 3.05) is 0 Å². The third-order valence-electron chi connectivity index (χ3n) is 1.72. The van der Waals surface area contributed by atoms with Crippen LogP contribution in [-0.4, -0.2) is 12.1 Å². The number of rotatable bonds is 4. The van der Waals surface area contributed by atoms with Crippen LogP contribution in [0.1, 0.15) is 34.1 Å². The molecular formula is C10H18O2. The quantitative estimate of drug-likeness (QED) is 0.478. The zero-order valence-corrected chi connectivity index (χ0v) is 8.33. The van der Waals surface area contributed by atoms with Crippen molar-refractivity contribution >= 4 is 5.97 Å². The molecule has 0 bridgehead atoms. The predicted molar refractivity (Wildman–Crippen MR) is 49.8 cm³/mol. The second-order valence-corrected chi connectivity index (χ2v) is 3.13. The van der Waals surface area contributed by atoms with Crippen LogP contribution in [0.15, 0.2) is 12.2 Å². The lowest BCUT2D eigenvalue weighted by Crippen LogP contribution is -2.21. The van der Waals surface area contributed by atoms with Crippen molar-refractivity contribution in [3.63, 3.8) is 0 Å². The number of esters is 1. The van der Waals surface area contributed by atoms with Crippen LogP contribution in [0.5, 0.6) is 0 Å². The van der Waals surface area contributed by atoms with Crippen LogP contribution < -0.4 is 0 Å². The maximum atomic E-state index is 11.0. The highest BCUT2D eigenvalue weighted by Crippen LogP contribution is 2.10. The maximum absolute atomic E-state index is 11.0. The molecule has 2 heteroatoms. The first-order chi connectivity index (χ1) is 5.61. The van der Waals surface area contributed by atoms with Crippen molar-refractivity contribution in [1.29, 1.82) is 0 Å². The molecule has 0 aliphatic heterocycles. The number of allylic oxidation sites excluding steroid dienone is 1. The Morgan fingerprint density at radius 2 is 2.08 bits per heavy atom. The van der Waals surface area contributed by atoms with Crippen LogP contribution in [0.3, 0.4) is 0 Å². The highest BCUT2D eigenvalue weighted by Gasteiger charge is 2.13. The van der Waals surface area contributed by atoms with Gasteiger partial charge >= 0.3 is 5.97 Å². The maximum Gasteiger partial charge on any atom is 0.330 e. The van der Waals surface area contributed by atoms with Crippen LogP contribution in [-0.2, 0) is 9.53 Å². The van der Waals surface area contributed by atoms with E-state index < -0.39 is 0 Å². The summed E-state index contributed by atoms with van der Waals surface area (Å²) >= 11 is 0. The fraction of sp³-hybridized carbons (Fsp3) is 0.700. The molecule has 0 unspecified atom stereocenters. The Morgan fingerprint density at radius 3 is 2.42 bits per heavy atom. The van der Waals surface area contributed by atoms with Crippen molar-refractivity contribution in [3.8, 4) is 0 Å². The van der Waals surface area contributed by atoms with Crippen molar-refractivity contribution in [2.45, 2.75) is 40.2 Å². The fourth-order valence-electron chi connectivity index (χ4n) is 1.02. The molecule has 0 saturated heterocycles. The van der Waals surface area contributed by atoms with Gasteiger partial charge in [-0.1, -0.05) is 26.8 Å². The molecule has 0 aromatic rings. The molecule has 0 heterocycles. The van der Waals surface area contributed by atoms with Gasteiger partial charge in [-0.15, -0.1) is 0 Å². The molecule has 0 spiro atoms. The van der Waals surface area contributed by atoms with E-state index in [0.717, 1.165) is 6.42 Å². The van der Waals surface area contributed by atoms with Crippen LogP contribution >= 0.6 is 0 Å². The van der Waals surface area contributed by atoms with Crippen molar-refractivity contribution in [1.82, 2.24) is 0 Å². The summed E-state index contributed by atoms with van der Waals surface area (Å²) in [6.07, 6.45) is 4.06. The van der Waals surface area contributed by atoms with E-state index in [2.05, 4.69) is 13.8 Å². The molecule has 70 valence electrons. The average molecular weight is 170 g/mol. The molecule has 0 N–H and O–H groups in total. The standard InChI is InChI=1S/C10H18O2/c1-5-7-10(11)12-9(6-2)8(3)4/h5,7-9H,6H2,1-4H3/b7-5+/t9-/m1/s1. The molecule has 1 atom stereocenters. The normalized spacial score (nSPS) is 13.8. The molecule has 0 radical (unpaired) electrons. The summed E-state index contributed by atoms with van der Waals surface area (Å²) in [5.41, 5.74) is 0. The van der Waals surface area contributed by atoms with Gasteiger partial charge in [0.25, 0.3) is 0 Å². The third-order valence-corrected chi connectivity index (χ3v) is 1.72. The zero-order valence-electron chi connectivity index (χ0n) is 8.33. The SMILES string of the molecule is C/C=C/C(=O)O[C@H](CC)C(C)C. The van der Waals surface area contributed by atoms with Gasteiger partial charge in [0, 0.05) is 6.08 Å². The molecule has 0 rings (SSSR count). The number of hydrogen-bond acceptors (Lipinski definition) is 2. The van der Waals surface area contributed by atoms with Crippen molar-refractivity contribution < 1.29 is 9.53 Å². The van der Waals surface area contributed by atoms with Gasteiger partial charge in [-0.25, -0.2) is 4.79 Å². The highest BCUT2D eigenvalue weighted by atomic mass is 16.5. The smallest absolute Gasteiger partial charge is 0.330 e. The van der Waals surface area contributed by atoms with Gasteiger partial charge in [0.2, 0.25) is 0 Å². The molecule has 0 fully saturated rings. The van der Waals surface area contributed by atoms with Gasteiger partial charge < -0.3 is 4.74 Å². The second kappa shape index (κ2) is 5.81. The zero-order chi connectivity index (χ0) is 9.56.